The molecule has 2 unspecified atom stereocenters. The van der Waals surface area contributed by atoms with E-state index in [0.29, 0.717) is 25.1 Å². The zero-order valence-corrected chi connectivity index (χ0v) is 13.3. The van der Waals surface area contributed by atoms with Crippen molar-refractivity contribution >= 4 is 15.7 Å². The SMILES string of the molecule is CCOc1ccc(NS(=O)(=O)C2CCCCC2O)cc1C. The van der Waals surface area contributed by atoms with Crippen LogP contribution < -0.4 is 9.46 Å². The van der Waals surface area contributed by atoms with Crippen LogP contribution in [0.5, 0.6) is 5.75 Å². The van der Waals surface area contributed by atoms with Crippen molar-refractivity contribution in [2.24, 2.45) is 0 Å². The van der Waals surface area contributed by atoms with E-state index in [1.807, 2.05) is 13.8 Å². The average Bonchev–Trinajstić information content (AvgIpc) is 2.42. The largest absolute Gasteiger partial charge is 0.494 e. The lowest BCUT2D eigenvalue weighted by Crippen LogP contribution is -2.40. The Hall–Kier alpha value is -1.27. The Morgan fingerprint density at radius 3 is 2.67 bits per heavy atom. The van der Waals surface area contributed by atoms with Gasteiger partial charge in [0.1, 0.15) is 11.0 Å². The number of aryl methyl sites for hydroxylation is 1. The Balaban J connectivity index is 2.14. The maximum Gasteiger partial charge on any atom is 0.238 e. The summed E-state index contributed by atoms with van der Waals surface area (Å²) in [5, 5.41) is 9.19. The van der Waals surface area contributed by atoms with Gasteiger partial charge >= 0.3 is 0 Å². The van der Waals surface area contributed by atoms with Crippen molar-refractivity contribution in [1.29, 1.82) is 0 Å². The van der Waals surface area contributed by atoms with Gasteiger partial charge in [0, 0.05) is 5.69 Å². The van der Waals surface area contributed by atoms with Gasteiger partial charge in [0.05, 0.1) is 12.7 Å². The molecule has 1 aromatic carbocycles. The lowest BCUT2D eigenvalue weighted by Gasteiger charge is -2.27. The van der Waals surface area contributed by atoms with Gasteiger partial charge in [-0.3, -0.25) is 4.72 Å². The normalized spacial score (nSPS) is 22.8. The van der Waals surface area contributed by atoms with Crippen molar-refractivity contribution in [3.8, 4) is 5.75 Å². The Morgan fingerprint density at radius 2 is 2.05 bits per heavy atom. The highest BCUT2D eigenvalue weighted by Crippen LogP contribution is 2.27. The predicted octanol–water partition coefficient (Wildman–Crippen LogP) is 2.44. The van der Waals surface area contributed by atoms with Crippen LogP contribution in [0.2, 0.25) is 0 Å². The molecule has 2 rings (SSSR count). The molecule has 118 valence electrons. The monoisotopic (exact) mass is 313 g/mol. The summed E-state index contributed by atoms with van der Waals surface area (Å²) < 4.78 is 32.8. The highest BCUT2D eigenvalue weighted by Gasteiger charge is 2.34. The zero-order chi connectivity index (χ0) is 15.5. The smallest absolute Gasteiger partial charge is 0.238 e. The van der Waals surface area contributed by atoms with E-state index in [4.69, 9.17) is 4.74 Å². The minimum atomic E-state index is -3.57. The van der Waals surface area contributed by atoms with E-state index in [1.165, 1.54) is 0 Å². The van der Waals surface area contributed by atoms with Crippen molar-refractivity contribution in [2.45, 2.75) is 50.9 Å². The molecular weight excluding hydrogens is 290 g/mol. The van der Waals surface area contributed by atoms with Crippen LogP contribution in [0.1, 0.15) is 38.2 Å². The number of aliphatic hydroxyl groups is 1. The van der Waals surface area contributed by atoms with E-state index in [-0.39, 0.29) is 0 Å². The van der Waals surface area contributed by atoms with Crippen LogP contribution in [0.4, 0.5) is 5.69 Å². The predicted molar refractivity (Wildman–Crippen MR) is 83.2 cm³/mol. The van der Waals surface area contributed by atoms with Crippen LogP contribution in [-0.4, -0.2) is 31.5 Å². The van der Waals surface area contributed by atoms with E-state index >= 15 is 0 Å². The number of anilines is 1. The van der Waals surface area contributed by atoms with Crippen LogP contribution in [0.25, 0.3) is 0 Å². The van der Waals surface area contributed by atoms with Crippen molar-refractivity contribution in [2.75, 3.05) is 11.3 Å². The van der Waals surface area contributed by atoms with E-state index in [2.05, 4.69) is 4.72 Å². The topological polar surface area (TPSA) is 75.6 Å². The quantitative estimate of drug-likeness (QED) is 0.875. The molecule has 2 N–H and O–H groups in total. The van der Waals surface area contributed by atoms with Crippen molar-refractivity contribution < 1.29 is 18.3 Å². The molecule has 6 heteroatoms. The molecule has 0 aliphatic heterocycles. The van der Waals surface area contributed by atoms with E-state index in [1.54, 1.807) is 18.2 Å². The number of benzene rings is 1. The van der Waals surface area contributed by atoms with E-state index in [9.17, 15) is 13.5 Å². The van der Waals surface area contributed by atoms with Crippen LogP contribution in [0.3, 0.4) is 0 Å². The number of hydrogen-bond acceptors (Lipinski definition) is 4. The van der Waals surface area contributed by atoms with Gasteiger partial charge in [-0.15, -0.1) is 0 Å². The molecule has 5 nitrogen and oxygen atoms in total. The van der Waals surface area contributed by atoms with Gasteiger partial charge in [-0.2, -0.15) is 0 Å². The molecule has 21 heavy (non-hydrogen) atoms. The molecule has 1 aliphatic carbocycles. The highest BCUT2D eigenvalue weighted by atomic mass is 32.2. The minimum Gasteiger partial charge on any atom is -0.494 e. The van der Waals surface area contributed by atoms with Gasteiger partial charge in [0.2, 0.25) is 10.0 Å². The third kappa shape index (κ3) is 3.89. The molecule has 0 saturated heterocycles. The maximum absolute atomic E-state index is 12.4. The summed E-state index contributed by atoms with van der Waals surface area (Å²) >= 11 is 0. The molecule has 0 amide bonds. The molecule has 1 fully saturated rings. The Morgan fingerprint density at radius 1 is 1.33 bits per heavy atom. The first-order chi connectivity index (χ1) is 9.94. The average molecular weight is 313 g/mol. The molecule has 1 aromatic rings. The maximum atomic E-state index is 12.4. The molecule has 0 spiro atoms. The summed E-state index contributed by atoms with van der Waals surface area (Å²) in [5.74, 6) is 0.748. The molecule has 2 atom stereocenters. The summed E-state index contributed by atoms with van der Waals surface area (Å²) in [7, 11) is -3.57. The Kier molecular flexibility index (Phi) is 5.11. The Labute approximate surface area is 126 Å². The summed E-state index contributed by atoms with van der Waals surface area (Å²) in [6.45, 7) is 4.35. The van der Waals surface area contributed by atoms with Gasteiger partial charge < -0.3 is 9.84 Å². The summed E-state index contributed by atoms with van der Waals surface area (Å²) in [4.78, 5) is 0. The van der Waals surface area contributed by atoms with Gasteiger partial charge in [-0.25, -0.2) is 8.42 Å². The van der Waals surface area contributed by atoms with Crippen LogP contribution in [0.15, 0.2) is 18.2 Å². The lowest BCUT2D eigenvalue weighted by molar-refractivity contribution is 0.133. The van der Waals surface area contributed by atoms with Crippen molar-refractivity contribution in [3.63, 3.8) is 0 Å². The minimum absolute atomic E-state index is 0.506. The summed E-state index contributed by atoms with van der Waals surface area (Å²) in [6.07, 6.45) is 2.00. The fourth-order valence-electron chi connectivity index (χ4n) is 2.71. The van der Waals surface area contributed by atoms with Crippen molar-refractivity contribution in [3.05, 3.63) is 23.8 Å². The van der Waals surface area contributed by atoms with Crippen LogP contribution in [-0.2, 0) is 10.0 Å². The molecule has 0 radical (unpaired) electrons. The second-order valence-electron chi connectivity index (χ2n) is 5.45. The first-order valence-corrected chi connectivity index (χ1v) is 8.92. The molecule has 1 saturated carbocycles. The zero-order valence-electron chi connectivity index (χ0n) is 12.5. The van der Waals surface area contributed by atoms with Crippen LogP contribution >= 0.6 is 0 Å². The van der Waals surface area contributed by atoms with E-state index in [0.717, 1.165) is 24.2 Å². The third-order valence-electron chi connectivity index (χ3n) is 3.80. The standard InChI is InChI=1S/C15H23NO4S/c1-3-20-14-9-8-12(10-11(14)2)16-21(18,19)15-7-5-4-6-13(15)17/h8-10,13,15-17H,3-7H2,1-2H3. The Bertz CT molecular complexity index is 585. The number of ether oxygens (including phenoxy) is 1. The highest BCUT2D eigenvalue weighted by molar-refractivity contribution is 7.93. The molecule has 0 aromatic heterocycles. The number of nitrogens with one attached hydrogen (secondary N) is 1. The molecule has 0 heterocycles. The second-order valence-corrected chi connectivity index (χ2v) is 7.35. The number of sulfonamides is 1. The summed E-state index contributed by atoms with van der Waals surface area (Å²) in [5.41, 5.74) is 1.38. The van der Waals surface area contributed by atoms with Gasteiger partial charge in [0.15, 0.2) is 0 Å². The van der Waals surface area contributed by atoms with Crippen LogP contribution in [0, 0.1) is 6.92 Å². The summed E-state index contributed by atoms with van der Waals surface area (Å²) in [6, 6.07) is 5.19. The lowest BCUT2D eigenvalue weighted by atomic mass is 9.97. The van der Waals surface area contributed by atoms with E-state index < -0.39 is 21.4 Å². The number of hydrogen-bond donors (Lipinski definition) is 2. The third-order valence-corrected chi connectivity index (χ3v) is 5.67. The molecular formula is C15H23NO4S. The van der Waals surface area contributed by atoms with Crippen molar-refractivity contribution in [1.82, 2.24) is 0 Å². The number of rotatable bonds is 5. The van der Waals surface area contributed by atoms with Gasteiger partial charge in [-0.05, 0) is 50.5 Å². The fourth-order valence-corrected chi connectivity index (χ4v) is 4.34. The first kappa shape index (κ1) is 16.1. The number of aliphatic hydroxyl groups excluding tert-OH is 1. The van der Waals surface area contributed by atoms with Gasteiger partial charge in [-0.1, -0.05) is 12.8 Å². The molecule has 1 aliphatic rings. The second kappa shape index (κ2) is 6.66. The molecule has 0 bridgehead atoms. The van der Waals surface area contributed by atoms with Gasteiger partial charge in [0.25, 0.3) is 0 Å². The first-order valence-electron chi connectivity index (χ1n) is 7.37. The fraction of sp³-hybridized carbons (Fsp3) is 0.600.